The first-order chi connectivity index (χ1) is 16.6. The summed E-state index contributed by atoms with van der Waals surface area (Å²) in [6, 6.07) is 17.5. The minimum atomic E-state index is -0.110. The van der Waals surface area contributed by atoms with Crippen LogP contribution in [0.2, 0.25) is 0 Å². The maximum Gasteiger partial charge on any atom is 0.234 e. The zero-order chi connectivity index (χ0) is 24.1. The van der Waals surface area contributed by atoms with Crippen LogP contribution in [-0.4, -0.2) is 47.8 Å². The highest BCUT2D eigenvalue weighted by molar-refractivity contribution is 7.99. The molecule has 4 rings (SSSR count). The number of nitrogens with zero attached hydrogens (tertiary/aromatic N) is 3. The molecule has 1 heterocycles. The molecule has 0 fully saturated rings. The standard InChI is InChI=1S/C25H26N4O4S/c1-5-29-24(17-13-20(31-2)23(33-4)21(14-17)32-3)27-28-25(29)34-15-22(30)26-19-12-8-10-16-9-6-7-11-18(16)19/h6-14H,5,15H2,1-4H3,(H,26,30). The summed E-state index contributed by atoms with van der Waals surface area (Å²) in [6.45, 7) is 2.64. The number of benzene rings is 3. The predicted octanol–water partition coefficient (Wildman–Crippen LogP) is 4.87. The molecule has 4 aromatic rings. The van der Waals surface area contributed by atoms with Gasteiger partial charge in [-0.3, -0.25) is 4.79 Å². The SMILES string of the molecule is CCn1c(SCC(=O)Nc2cccc3ccccc23)nnc1-c1cc(OC)c(OC)c(OC)c1. The summed E-state index contributed by atoms with van der Waals surface area (Å²) < 4.78 is 18.3. The summed E-state index contributed by atoms with van der Waals surface area (Å²) >= 11 is 1.34. The van der Waals surface area contributed by atoms with E-state index in [2.05, 4.69) is 15.5 Å². The number of anilines is 1. The van der Waals surface area contributed by atoms with Crippen molar-refractivity contribution in [2.75, 3.05) is 32.4 Å². The van der Waals surface area contributed by atoms with Crippen LogP contribution in [0.1, 0.15) is 6.92 Å². The van der Waals surface area contributed by atoms with Crippen molar-refractivity contribution in [1.82, 2.24) is 14.8 Å². The van der Waals surface area contributed by atoms with Gasteiger partial charge in [0, 0.05) is 23.2 Å². The zero-order valence-electron chi connectivity index (χ0n) is 19.5. The maximum absolute atomic E-state index is 12.7. The largest absolute Gasteiger partial charge is 0.493 e. The molecule has 0 saturated heterocycles. The van der Waals surface area contributed by atoms with Gasteiger partial charge in [0.2, 0.25) is 11.7 Å². The van der Waals surface area contributed by atoms with E-state index in [-0.39, 0.29) is 11.7 Å². The second kappa shape index (κ2) is 10.5. The Bertz CT molecular complexity index is 1290. The van der Waals surface area contributed by atoms with Gasteiger partial charge in [-0.05, 0) is 30.5 Å². The number of hydrogen-bond donors (Lipinski definition) is 1. The number of amides is 1. The molecule has 8 nitrogen and oxygen atoms in total. The molecule has 34 heavy (non-hydrogen) atoms. The molecule has 9 heteroatoms. The van der Waals surface area contributed by atoms with Crippen molar-refractivity contribution in [1.29, 1.82) is 0 Å². The molecule has 0 spiro atoms. The van der Waals surface area contributed by atoms with Gasteiger partial charge >= 0.3 is 0 Å². The maximum atomic E-state index is 12.7. The van der Waals surface area contributed by atoms with Crippen molar-refractivity contribution < 1.29 is 19.0 Å². The highest BCUT2D eigenvalue weighted by Gasteiger charge is 2.20. The number of thioether (sulfide) groups is 1. The number of fused-ring (bicyclic) bond motifs is 1. The topological polar surface area (TPSA) is 87.5 Å². The third kappa shape index (κ3) is 4.65. The molecule has 1 amide bonds. The molecule has 0 atom stereocenters. The monoisotopic (exact) mass is 478 g/mol. The molecule has 176 valence electrons. The highest BCUT2D eigenvalue weighted by atomic mass is 32.2. The summed E-state index contributed by atoms with van der Waals surface area (Å²) in [5, 5.41) is 14.4. The van der Waals surface area contributed by atoms with Crippen LogP contribution in [-0.2, 0) is 11.3 Å². The average molecular weight is 479 g/mol. The molecule has 1 N–H and O–H groups in total. The summed E-state index contributed by atoms with van der Waals surface area (Å²) in [6.07, 6.45) is 0. The van der Waals surface area contributed by atoms with Crippen molar-refractivity contribution in [2.24, 2.45) is 0 Å². The Balaban J connectivity index is 1.54. The van der Waals surface area contributed by atoms with E-state index < -0.39 is 0 Å². The summed E-state index contributed by atoms with van der Waals surface area (Å²) in [4.78, 5) is 12.7. The Kier molecular flexibility index (Phi) is 7.22. The van der Waals surface area contributed by atoms with Crippen LogP contribution in [0.4, 0.5) is 5.69 Å². The van der Waals surface area contributed by atoms with Crippen LogP contribution in [0.3, 0.4) is 0 Å². The Morgan fingerprint density at radius 2 is 1.68 bits per heavy atom. The number of nitrogens with one attached hydrogen (secondary N) is 1. The molecule has 0 aliphatic heterocycles. The fourth-order valence-electron chi connectivity index (χ4n) is 3.76. The van der Waals surface area contributed by atoms with Crippen LogP contribution in [0.15, 0.2) is 59.8 Å². The van der Waals surface area contributed by atoms with Crippen molar-refractivity contribution in [3.63, 3.8) is 0 Å². The average Bonchev–Trinajstić information content (AvgIpc) is 3.29. The van der Waals surface area contributed by atoms with Gasteiger partial charge in [0.1, 0.15) is 0 Å². The van der Waals surface area contributed by atoms with E-state index in [1.807, 2.05) is 66.1 Å². The second-order valence-electron chi connectivity index (χ2n) is 7.33. The van der Waals surface area contributed by atoms with Crippen LogP contribution >= 0.6 is 11.8 Å². The van der Waals surface area contributed by atoms with Gasteiger partial charge in [0.05, 0.1) is 27.1 Å². The third-order valence-corrected chi connectivity index (χ3v) is 6.32. The van der Waals surface area contributed by atoms with Crippen LogP contribution < -0.4 is 19.5 Å². The van der Waals surface area contributed by atoms with Crippen LogP contribution in [0, 0.1) is 0 Å². The Morgan fingerprint density at radius 1 is 0.971 bits per heavy atom. The van der Waals surface area contributed by atoms with Gasteiger partial charge in [0.25, 0.3) is 0 Å². The molecule has 3 aromatic carbocycles. The van der Waals surface area contributed by atoms with Crippen LogP contribution in [0.25, 0.3) is 22.2 Å². The zero-order valence-corrected chi connectivity index (χ0v) is 20.3. The fourth-order valence-corrected chi connectivity index (χ4v) is 4.56. The van der Waals surface area contributed by atoms with E-state index >= 15 is 0 Å². The van der Waals surface area contributed by atoms with E-state index in [1.54, 1.807) is 21.3 Å². The molecule has 0 aliphatic carbocycles. The minimum Gasteiger partial charge on any atom is -0.493 e. The molecule has 0 bridgehead atoms. The lowest BCUT2D eigenvalue weighted by Gasteiger charge is -2.14. The molecule has 0 unspecified atom stereocenters. The summed E-state index contributed by atoms with van der Waals surface area (Å²) in [5.74, 6) is 2.32. The highest BCUT2D eigenvalue weighted by Crippen LogP contribution is 2.41. The van der Waals surface area contributed by atoms with Gasteiger partial charge in [0.15, 0.2) is 22.5 Å². The molecule has 0 radical (unpaired) electrons. The summed E-state index contributed by atoms with van der Waals surface area (Å²) in [5.41, 5.74) is 1.56. The van der Waals surface area contributed by atoms with E-state index in [0.717, 1.165) is 22.0 Å². The van der Waals surface area contributed by atoms with E-state index in [1.165, 1.54) is 11.8 Å². The smallest absolute Gasteiger partial charge is 0.234 e. The first-order valence-corrected chi connectivity index (χ1v) is 11.7. The van der Waals surface area contributed by atoms with E-state index in [9.17, 15) is 4.79 Å². The van der Waals surface area contributed by atoms with Gasteiger partial charge in [-0.25, -0.2) is 0 Å². The van der Waals surface area contributed by atoms with Gasteiger partial charge in [-0.2, -0.15) is 0 Å². The number of carbonyl (C=O) groups excluding carboxylic acids is 1. The number of ether oxygens (including phenoxy) is 3. The predicted molar refractivity (Wildman–Crippen MR) is 134 cm³/mol. The Labute approximate surface area is 202 Å². The first-order valence-electron chi connectivity index (χ1n) is 10.7. The van der Waals surface area contributed by atoms with Gasteiger partial charge < -0.3 is 24.1 Å². The van der Waals surface area contributed by atoms with Gasteiger partial charge in [-0.1, -0.05) is 48.2 Å². The summed E-state index contributed by atoms with van der Waals surface area (Å²) in [7, 11) is 4.70. The van der Waals surface area contributed by atoms with Gasteiger partial charge in [-0.15, -0.1) is 10.2 Å². The van der Waals surface area contributed by atoms with Crippen molar-refractivity contribution in [3.05, 3.63) is 54.6 Å². The molecule has 0 aliphatic rings. The lowest BCUT2D eigenvalue weighted by Crippen LogP contribution is -2.15. The van der Waals surface area contributed by atoms with E-state index in [0.29, 0.717) is 34.8 Å². The van der Waals surface area contributed by atoms with Crippen molar-refractivity contribution >= 4 is 34.1 Å². The van der Waals surface area contributed by atoms with Crippen molar-refractivity contribution in [3.8, 4) is 28.6 Å². The Morgan fingerprint density at radius 3 is 2.35 bits per heavy atom. The van der Waals surface area contributed by atoms with Crippen molar-refractivity contribution in [2.45, 2.75) is 18.6 Å². The lowest BCUT2D eigenvalue weighted by atomic mass is 10.1. The number of methoxy groups -OCH3 is 3. The minimum absolute atomic E-state index is 0.110. The fraction of sp³-hybridized carbons (Fsp3) is 0.240. The molecule has 1 aromatic heterocycles. The number of hydrogen-bond acceptors (Lipinski definition) is 7. The Hall–Kier alpha value is -3.72. The van der Waals surface area contributed by atoms with Crippen LogP contribution in [0.5, 0.6) is 17.2 Å². The number of carbonyl (C=O) groups is 1. The molecular weight excluding hydrogens is 452 g/mol. The third-order valence-electron chi connectivity index (χ3n) is 5.35. The normalized spacial score (nSPS) is 10.8. The molecule has 0 saturated carbocycles. The quantitative estimate of drug-likeness (QED) is 0.343. The first kappa shape index (κ1) is 23.4. The number of rotatable bonds is 9. The van der Waals surface area contributed by atoms with E-state index in [4.69, 9.17) is 14.2 Å². The lowest BCUT2D eigenvalue weighted by molar-refractivity contribution is -0.113. The second-order valence-corrected chi connectivity index (χ2v) is 8.27. The molecular formula is C25H26N4O4S. The number of aromatic nitrogens is 3.